The minimum atomic E-state index is 0.108. The van der Waals surface area contributed by atoms with Gasteiger partial charge in [-0.15, -0.1) is 0 Å². The summed E-state index contributed by atoms with van der Waals surface area (Å²) in [6.45, 7) is 10.4. The van der Waals surface area contributed by atoms with Gasteiger partial charge in [-0.25, -0.2) is 9.97 Å². The zero-order chi connectivity index (χ0) is 23.8. The molecule has 3 rings (SSSR count). The largest absolute Gasteiger partial charge is 0.474 e. The molecule has 2 heterocycles. The molecule has 0 radical (unpaired) electrons. The average Bonchev–Trinajstić information content (AvgIpc) is 2.83. The van der Waals surface area contributed by atoms with Crippen molar-refractivity contribution in [3.63, 3.8) is 0 Å². The van der Waals surface area contributed by atoms with Crippen LogP contribution in [0.15, 0.2) is 17.8 Å². The molecule has 1 aliphatic heterocycles. The number of aliphatic imine (C=N–C) groups is 1. The molecule has 2 fully saturated rings. The summed E-state index contributed by atoms with van der Waals surface area (Å²) in [6, 6.07) is 0.964. The summed E-state index contributed by atoms with van der Waals surface area (Å²) in [5.41, 5.74) is 2.79. The van der Waals surface area contributed by atoms with E-state index < -0.39 is 0 Å². The molecule has 1 aromatic rings. The van der Waals surface area contributed by atoms with Crippen molar-refractivity contribution in [1.82, 2.24) is 14.9 Å². The lowest BCUT2D eigenvalue weighted by molar-refractivity contribution is 0.0205. The van der Waals surface area contributed by atoms with Crippen molar-refractivity contribution in [2.45, 2.75) is 83.4 Å². The first-order valence-corrected chi connectivity index (χ1v) is 12.6. The molecule has 1 saturated heterocycles. The van der Waals surface area contributed by atoms with Gasteiger partial charge in [0.15, 0.2) is 0 Å². The topological polar surface area (TPSA) is 71.9 Å². The second-order valence-corrected chi connectivity index (χ2v) is 9.74. The third-order valence-corrected chi connectivity index (χ3v) is 6.99. The summed E-state index contributed by atoms with van der Waals surface area (Å²) in [5, 5.41) is 3.46. The zero-order valence-corrected chi connectivity index (χ0v) is 21.3. The first-order chi connectivity index (χ1) is 15.9. The molecule has 2 aliphatic rings. The lowest BCUT2D eigenvalue weighted by atomic mass is 9.80. The smallest absolute Gasteiger partial charge is 0.223 e. The molecule has 0 spiro atoms. The van der Waals surface area contributed by atoms with Crippen LogP contribution in [0.1, 0.15) is 76.5 Å². The van der Waals surface area contributed by atoms with E-state index in [2.05, 4.69) is 54.7 Å². The van der Waals surface area contributed by atoms with E-state index in [0.29, 0.717) is 29.8 Å². The van der Waals surface area contributed by atoms with E-state index in [1.807, 2.05) is 6.20 Å². The van der Waals surface area contributed by atoms with E-state index in [-0.39, 0.29) is 6.10 Å². The monoisotopic (exact) mass is 457 g/mol. The van der Waals surface area contributed by atoms with Crippen molar-refractivity contribution in [1.29, 1.82) is 0 Å². The summed E-state index contributed by atoms with van der Waals surface area (Å²) in [4.78, 5) is 16.4. The molecule has 1 aromatic heterocycles. The van der Waals surface area contributed by atoms with Crippen LogP contribution in [0.3, 0.4) is 0 Å². The van der Waals surface area contributed by atoms with Gasteiger partial charge >= 0.3 is 0 Å². The third-order valence-electron chi connectivity index (χ3n) is 6.99. The predicted molar refractivity (Wildman–Crippen MR) is 136 cm³/mol. The maximum atomic E-state index is 6.33. The zero-order valence-electron chi connectivity index (χ0n) is 21.3. The number of ether oxygens (including phenoxy) is 2. The van der Waals surface area contributed by atoms with Crippen LogP contribution in [0.25, 0.3) is 5.57 Å². The van der Waals surface area contributed by atoms with Crippen LogP contribution in [-0.4, -0.2) is 73.3 Å². The van der Waals surface area contributed by atoms with Gasteiger partial charge in [-0.3, -0.25) is 4.99 Å². The van der Waals surface area contributed by atoms with Crippen molar-refractivity contribution in [3.05, 3.63) is 24.0 Å². The van der Waals surface area contributed by atoms with Crippen molar-refractivity contribution in [3.8, 4) is 0 Å². The van der Waals surface area contributed by atoms with Gasteiger partial charge in [0.1, 0.15) is 6.10 Å². The first-order valence-electron chi connectivity index (χ1n) is 12.6. The summed E-state index contributed by atoms with van der Waals surface area (Å²) >= 11 is 0. The molecule has 0 aromatic carbocycles. The van der Waals surface area contributed by atoms with Crippen LogP contribution in [0.5, 0.6) is 0 Å². The van der Waals surface area contributed by atoms with Gasteiger partial charge in [0, 0.05) is 38.2 Å². The number of nitrogens with zero attached hydrogens (tertiary/aromatic N) is 4. The minimum Gasteiger partial charge on any atom is -0.474 e. The molecule has 7 heteroatoms. The van der Waals surface area contributed by atoms with Gasteiger partial charge < -0.3 is 19.7 Å². The molecule has 1 N–H and O–H groups in total. The van der Waals surface area contributed by atoms with Crippen LogP contribution in [0.4, 0.5) is 5.95 Å². The first kappa shape index (κ1) is 25.6. The van der Waals surface area contributed by atoms with Crippen molar-refractivity contribution >= 4 is 17.4 Å². The number of anilines is 1. The Labute approximate surface area is 200 Å². The molecule has 1 aliphatic carbocycles. The van der Waals surface area contributed by atoms with Gasteiger partial charge in [-0.05, 0) is 64.6 Å². The second-order valence-electron chi connectivity index (χ2n) is 9.74. The minimum absolute atomic E-state index is 0.108. The van der Waals surface area contributed by atoms with E-state index in [4.69, 9.17) is 14.5 Å². The fourth-order valence-corrected chi connectivity index (χ4v) is 4.90. The average molecular weight is 458 g/mol. The number of hydrogen-bond donors (Lipinski definition) is 1. The van der Waals surface area contributed by atoms with Crippen molar-refractivity contribution < 1.29 is 9.47 Å². The van der Waals surface area contributed by atoms with E-state index >= 15 is 0 Å². The quantitative estimate of drug-likeness (QED) is 0.425. The SMILES string of the molecule is C=C(c1nc(NC(C)CCC)ncc1/C(=N\C)OC1CCOCC1)[C@H]1CC[C@H](N(C)C)CC1. The molecular weight excluding hydrogens is 414 g/mol. The number of aromatic nitrogens is 2. The predicted octanol–water partition coefficient (Wildman–Crippen LogP) is 4.78. The van der Waals surface area contributed by atoms with Crippen LogP contribution >= 0.6 is 0 Å². The van der Waals surface area contributed by atoms with Crippen LogP contribution < -0.4 is 5.32 Å². The lowest BCUT2D eigenvalue weighted by Gasteiger charge is -2.33. The second kappa shape index (κ2) is 12.5. The van der Waals surface area contributed by atoms with Crippen molar-refractivity contribution in [2.75, 3.05) is 39.7 Å². The lowest BCUT2D eigenvalue weighted by Crippen LogP contribution is -2.32. The highest BCUT2D eigenvalue weighted by molar-refractivity contribution is 5.98. The number of nitrogens with one attached hydrogen (secondary N) is 1. The van der Waals surface area contributed by atoms with Gasteiger partial charge in [0.2, 0.25) is 11.8 Å². The Balaban J connectivity index is 1.85. The highest BCUT2D eigenvalue weighted by atomic mass is 16.5. The van der Waals surface area contributed by atoms with Crippen LogP contribution in [0.2, 0.25) is 0 Å². The normalized spacial score (nSPS) is 23.4. The third kappa shape index (κ3) is 7.00. The maximum Gasteiger partial charge on any atom is 0.223 e. The Morgan fingerprint density at radius 2 is 1.94 bits per heavy atom. The Morgan fingerprint density at radius 1 is 1.24 bits per heavy atom. The van der Waals surface area contributed by atoms with E-state index in [9.17, 15) is 0 Å². The molecule has 1 unspecified atom stereocenters. The van der Waals surface area contributed by atoms with Gasteiger partial charge in [-0.1, -0.05) is 19.9 Å². The standard InChI is InChI=1S/C26H43N5O2/c1-7-8-18(2)29-26-28-17-23(25(27-4)33-22-13-15-32-16-14-22)24(30-26)19(3)20-9-11-21(12-10-20)31(5)6/h17-18,20-22H,3,7-16H2,1-2,4-6H3,(H,28,29,30)/b27-25+/t18?,20-,21-. The Morgan fingerprint density at radius 3 is 2.55 bits per heavy atom. The molecule has 1 atom stereocenters. The molecule has 0 bridgehead atoms. The maximum absolute atomic E-state index is 6.33. The number of hydrogen-bond acceptors (Lipinski definition) is 7. The fraction of sp³-hybridized carbons (Fsp3) is 0.731. The number of rotatable bonds is 9. The molecule has 33 heavy (non-hydrogen) atoms. The van der Waals surface area contributed by atoms with Crippen LogP contribution in [0, 0.1) is 5.92 Å². The molecular formula is C26H43N5O2. The molecule has 1 saturated carbocycles. The molecule has 184 valence electrons. The Hall–Kier alpha value is -1.99. The van der Waals surface area contributed by atoms with Gasteiger partial charge in [0.05, 0.1) is 24.5 Å². The van der Waals surface area contributed by atoms with Gasteiger partial charge in [-0.2, -0.15) is 0 Å². The summed E-state index contributed by atoms with van der Waals surface area (Å²) in [6.07, 6.45) is 10.5. The molecule has 0 amide bonds. The summed E-state index contributed by atoms with van der Waals surface area (Å²) in [7, 11) is 6.13. The highest BCUT2D eigenvalue weighted by Gasteiger charge is 2.28. The summed E-state index contributed by atoms with van der Waals surface area (Å²) in [5.74, 6) is 1.67. The Bertz CT molecular complexity index is 796. The van der Waals surface area contributed by atoms with Gasteiger partial charge in [0.25, 0.3) is 0 Å². The Kier molecular flexibility index (Phi) is 9.68. The summed E-state index contributed by atoms with van der Waals surface area (Å²) < 4.78 is 11.8. The highest BCUT2D eigenvalue weighted by Crippen LogP contribution is 2.36. The molecule has 7 nitrogen and oxygen atoms in total. The fourth-order valence-electron chi connectivity index (χ4n) is 4.90. The van der Waals surface area contributed by atoms with Crippen molar-refractivity contribution in [2.24, 2.45) is 10.9 Å². The van der Waals surface area contributed by atoms with Crippen LogP contribution in [-0.2, 0) is 9.47 Å². The van der Waals surface area contributed by atoms with E-state index in [0.717, 1.165) is 68.6 Å². The van der Waals surface area contributed by atoms with E-state index in [1.165, 1.54) is 12.8 Å². The van der Waals surface area contributed by atoms with E-state index in [1.54, 1.807) is 7.05 Å². The number of allylic oxidation sites excluding steroid dienone is 1.